The molecule has 0 aromatic heterocycles. The largest absolute Gasteiger partial charge is 0.489 e. The SMILES string of the molecule is CNC(=O)C1CC(=O)NC1c1ccc(OCc2cc(F)c(F)c(F)c2)cc1. The lowest BCUT2D eigenvalue weighted by atomic mass is 9.93. The summed E-state index contributed by atoms with van der Waals surface area (Å²) in [5, 5.41) is 5.32. The van der Waals surface area contributed by atoms with E-state index >= 15 is 0 Å². The van der Waals surface area contributed by atoms with E-state index in [2.05, 4.69) is 10.6 Å². The van der Waals surface area contributed by atoms with Crippen molar-refractivity contribution in [3.63, 3.8) is 0 Å². The van der Waals surface area contributed by atoms with Crippen molar-refractivity contribution in [2.45, 2.75) is 19.1 Å². The first-order valence-corrected chi connectivity index (χ1v) is 8.26. The summed E-state index contributed by atoms with van der Waals surface area (Å²) < 4.78 is 44.8. The summed E-state index contributed by atoms with van der Waals surface area (Å²) in [7, 11) is 1.51. The molecule has 142 valence electrons. The maximum absolute atomic E-state index is 13.2. The molecule has 0 spiro atoms. The number of benzene rings is 2. The van der Waals surface area contributed by atoms with E-state index in [1.165, 1.54) is 7.05 Å². The van der Waals surface area contributed by atoms with E-state index in [0.29, 0.717) is 5.75 Å². The zero-order valence-corrected chi connectivity index (χ0v) is 14.4. The quantitative estimate of drug-likeness (QED) is 0.786. The van der Waals surface area contributed by atoms with Crippen LogP contribution in [0.3, 0.4) is 0 Å². The zero-order valence-electron chi connectivity index (χ0n) is 14.4. The molecule has 8 heteroatoms. The van der Waals surface area contributed by atoms with Crippen LogP contribution in [-0.2, 0) is 16.2 Å². The van der Waals surface area contributed by atoms with E-state index in [1.807, 2.05) is 0 Å². The van der Waals surface area contributed by atoms with Gasteiger partial charge in [0.1, 0.15) is 12.4 Å². The molecule has 0 saturated carbocycles. The topological polar surface area (TPSA) is 67.4 Å². The molecule has 1 heterocycles. The number of rotatable bonds is 5. The maximum atomic E-state index is 13.2. The van der Waals surface area contributed by atoms with Gasteiger partial charge in [-0.3, -0.25) is 9.59 Å². The third-order valence-electron chi connectivity index (χ3n) is 4.40. The predicted molar refractivity (Wildman–Crippen MR) is 90.1 cm³/mol. The summed E-state index contributed by atoms with van der Waals surface area (Å²) in [4.78, 5) is 23.6. The van der Waals surface area contributed by atoms with Crippen LogP contribution in [0, 0.1) is 23.4 Å². The molecule has 5 nitrogen and oxygen atoms in total. The van der Waals surface area contributed by atoms with Gasteiger partial charge in [-0.05, 0) is 35.4 Å². The number of nitrogens with one attached hydrogen (secondary N) is 2. The third kappa shape index (κ3) is 4.05. The van der Waals surface area contributed by atoms with Gasteiger partial charge < -0.3 is 15.4 Å². The minimum absolute atomic E-state index is 0.115. The summed E-state index contributed by atoms with van der Waals surface area (Å²) in [5.74, 6) is -4.58. The minimum atomic E-state index is -1.52. The van der Waals surface area contributed by atoms with Gasteiger partial charge in [0.05, 0.1) is 12.0 Å². The lowest BCUT2D eigenvalue weighted by Gasteiger charge is -2.18. The molecule has 0 radical (unpaired) electrons. The van der Waals surface area contributed by atoms with Crippen molar-refractivity contribution in [1.29, 1.82) is 0 Å². The molecule has 27 heavy (non-hydrogen) atoms. The molecule has 2 aromatic rings. The molecule has 1 saturated heterocycles. The predicted octanol–water partition coefficient (Wildman–Crippen LogP) is 2.61. The second-order valence-corrected chi connectivity index (χ2v) is 6.20. The minimum Gasteiger partial charge on any atom is -0.489 e. The molecule has 2 unspecified atom stereocenters. The Morgan fingerprint density at radius 2 is 1.81 bits per heavy atom. The Morgan fingerprint density at radius 3 is 2.41 bits per heavy atom. The molecule has 2 aromatic carbocycles. The van der Waals surface area contributed by atoms with Crippen LogP contribution >= 0.6 is 0 Å². The maximum Gasteiger partial charge on any atom is 0.225 e. The Balaban J connectivity index is 1.68. The second-order valence-electron chi connectivity index (χ2n) is 6.20. The highest BCUT2D eigenvalue weighted by atomic mass is 19.2. The Labute approximate surface area is 153 Å². The molecule has 3 rings (SSSR count). The number of ether oxygens (including phenoxy) is 1. The van der Waals surface area contributed by atoms with Crippen molar-refractivity contribution in [2.75, 3.05) is 7.05 Å². The van der Waals surface area contributed by atoms with Gasteiger partial charge in [0.2, 0.25) is 11.8 Å². The fourth-order valence-corrected chi connectivity index (χ4v) is 3.03. The average Bonchev–Trinajstić information content (AvgIpc) is 3.05. The molecular weight excluding hydrogens is 361 g/mol. The summed E-state index contributed by atoms with van der Waals surface area (Å²) in [6, 6.07) is 7.95. The van der Waals surface area contributed by atoms with Crippen LogP contribution in [0.1, 0.15) is 23.6 Å². The first-order valence-electron chi connectivity index (χ1n) is 8.26. The number of amides is 2. The van der Waals surface area contributed by atoms with E-state index in [1.54, 1.807) is 24.3 Å². The lowest BCUT2D eigenvalue weighted by molar-refractivity contribution is -0.126. The lowest BCUT2D eigenvalue weighted by Crippen LogP contribution is -2.31. The number of hydrogen-bond acceptors (Lipinski definition) is 3. The summed E-state index contributed by atoms with van der Waals surface area (Å²) in [5.41, 5.74) is 0.888. The van der Waals surface area contributed by atoms with Crippen molar-refractivity contribution >= 4 is 11.8 Å². The van der Waals surface area contributed by atoms with Gasteiger partial charge in [0.25, 0.3) is 0 Å². The van der Waals surface area contributed by atoms with E-state index in [-0.39, 0.29) is 30.4 Å². The molecule has 0 bridgehead atoms. The van der Waals surface area contributed by atoms with Crippen LogP contribution < -0.4 is 15.4 Å². The zero-order chi connectivity index (χ0) is 19.6. The summed E-state index contributed by atoms with van der Waals surface area (Å²) in [6.07, 6.45) is 0.115. The monoisotopic (exact) mass is 378 g/mol. The number of hydrogen-bond donors (Lipinski definition) is 2. The normalized spacial score (nSPS) is 18.9. The third-order valence-corrected chi connectivity index (χ3v) is 4.40. The Hall–Kier alpha value is -3.03. The van der Waals surface area contributed by atoms with Gasteiger partial charge in [-0.1, -0.05) is 12.1 Å². The van der Waals surface area contributed by atoms with Gasteiger partial charge >= 0.3 is 0 Å². The van der Waals surface area contributed by atoms with Crippen molar-refractivity contribution in [3.05, 3.63) is 65.0 Å². The Bertz CT molecular complexity index is 848. The average molecular weight is 378 g/mol. The van der Waals surface area contributed by atoms with Crippen LogP contribution in [0.5, 0.6) is 5.75 Å². The summed E-state index contributed by atoms with van der Waals surface area (Å²) >= 11 is 0. The molecule has 2 amide bonds. The van der Waals surface area contributed by atoms with Gasteiger partial charge in [-0.2, -0.15) is 0 Å². The van der Waals surface area contributed by atoms with E-state index in [9.17, 15) is 22.8 Å². The fourth-order valence-electron chi connectivity index (χ4n) is 3.03. The molecule has 0 aliphatic carbocycles. The van der Waals surface area contributed by atoms with Crippen molar-refractivity contribution in [2.24, 2.45) is 5.92 Å². The first kappa shape index (κ1) is 18.8. The van der Waals surface area contributed by atoms with Gasteiger partial charge in [-0.15, -0.1) is 0 Å². The molecule has 1 aliphatic heterocycles. The van der Waals surface area contributed by atoms with Gasteiger partial charge in [0, 0.05) is 13.5 Å². The van der Waals surface area contributed by atoms with Gasteiger partial charge in [-0.25, -0.2) is 13.2 Å². The molecular formula is C19H17F3N2O3. The number of carbonyl (C=O) groups is 2. The highest BCUT2D eigenvalue weighted by Crippen LogP contribution is 2.31. The standard InChI is InChI=1S/C19H17F3N2O3/c1-23-19(26)13-8-16(25)24-18(13)11-2-4-12(5-3-11)27-9-10-6-14(20)17(22)15(21)7-10/h2-7,13,18H,8-9H2,1H3,(H,23,26)(H,24,25). The number of carbonyl (C=O) groups excluding carboxylic acids is 2. The van der Waals surface area contributed by atoms with Crippen molar-refractivity contribution in [1.82, 2.24) is 10.6 Å². The molecule has 2 atom stereocenters. The highest BCUT2D eigenvalue weighted by molar-refractivity contribution is 5.90. The molecule has 1 fully saturated rings. The second kappa shape index (κ2) is 7.69. The van der Waals surface area contributed by atoms with E-state index in [4.69, 9.17) is 4.74 Å². The van der Waals surface area contributed by atoms with Crippen LogP contribution in [0.2, 0.25) is 0 Å². The van der Waals surface area contributed by atoms with Crippen molar-refractivity contribution < 1.29 is 27.5 Å². The number of halogens is 3. The smallest absolute Gasteiger partial charge is 0.225 e. The summed E-state index contributed by atoms with van der Waals surface area (Å²) in [6.45, 7) is -0.144. The fraction of sp³-hybridized carbons (Fsp3) is 0.263. The van der Waals surface area contributed by atoms with Crippen LogP contribution in [0.15, 0.2) is 36.4 Å². The van der Waals surface area contributed by atoms with Crippen LogP contribution in [0.4, 0.5) is 13.2 Å². The van der Waals surface area contributed by atoms with Crippen LogP contribution in [0.25, 0.3) is 0 Å². The van der Waals surface area contributed by atoms with E-state index in [0.717, 1.165) is 17.7 Å². The highest BCUT2D eigenvalue weighted by Gasteiger charge is 2.37. The van der Waals surface area contributed by atoms with E-state index < -0.39 is 29.4 Å². The molecule has 1 aliphatic rings. The van der Waals surface area contributed by atoms with Gasteiger partial charge in [0.15, 0.2) is 17.5 Å². The van der Waals surface area contributed by atoms with Crippen LogP contribution in [-0.4, -0.2) is 18.9 Å². The Morgan fingerprint density at radius 1 is 1.19 bits per heavy atom. The van der Waals surface area contributed by atoms with Crippen molar-refractivity contribution in [3.8, 4) is 5.75 Å². The Kier molecular flexibility index (Phi) is 5.34. The molecule has 2 N–H and O–H groups in total. The first-order chi connectivity index (χ1) is 12.9.